The lowest BCUT2D eigenvalue weighted by molar-refractivity contribution is -0.140. The van der Waals surface area contributed by atoms with E-state index < -0.39 is 11.9 Å². The Balaban J connectivity index is 3.37. The highest BCUT2D eigenvalue weighted by Gasteiger charge is 2.02. The Morgan fingerprint density at radius 3 is 0.886 bits per heavy atom. The molecule has 0 saturated carbocycles. The van der Waals surface area contributed by atoms with Crippen molar-refractivity contribution in [3.05, 3.63) is 12.2 Å². The summed E-state index contributed by atoms with van der Waals surface area (Å²) in [5.41, 5.74) is 0. The topological polar surface area (TPSA) is 52.6 Å². The summed E-state index contributed by atoms with van der Waals surface area (Å²) >= 11 is 0. The molecular weight excluding hydrogens is 436 g/mol. The summed E-state index contributed by atoms with van der Waals surface area (Å²) in [6.07, 6.45) is 31.7. The number of carbonyl (C=O) groups excluding carboxylic acids is 2. The Labute approximate surface area is 218 Å². The van der Waals surface area contributed by atoms with Crippen LogP contribution >= 0.6 is 0 Å². The third kappa shape index (κ3) is 28.8. The average Bonchev–Trinajstić information content (AvgIpc) is 2.86. The summed E-state index contributed by atoms with van der Waals surface area (Å²) < 4.78 is 10.3. The van der Waals surface area contributed by atoms with Gasteiger partial charge in [0.1, 0.15) is 0 Å². The van der Waals surface area contributed by atoms with Gasteiger partial charge in [-0.1, -0.05) is 149 Å². The summed E-state index contributed by atoms with van der Waals surface area (Å²) in [6.45, 7) is 5.36. The third-order valence-electron chi connectivity index (χ3n) is 6.59. The maximum absolute atomic E-state index is 11.7. The highest BCUT2D eigenvalue weighted by molar-refractivity contribution is 5.91. The van der Waals surface area contributed by atoms with Gasteiger partial charge in [0, 0.05) is 12.2 Å². The van der Waals surface area contributed by atoms with Crippen LogP contribution in [0.2, 0.25) is 0 Å². The number of rotatable bonds is 27. The quantitative estimate of drug-likeness (QED) is 0.0648. The molecule has 0 atom stereocenters. The number of ether oxygens (including phenoxy) is 2. The molecule has 0 aromatic rings. The molecule has 206 valence electrons. The van der Waals surface area contributed by atoms with E-state index in [0.29, 0.717) is 13.2 Å². The highest BCUT2D eigenvalue weighted by atomic mass is 16.5. The van der Waals surface area contributed by atoms with Crippen LogP contribution < -0.4 is 0 Å². The van der Waals surface area contributed by atoms with Gasteiger partial charge in [0.25, 0.3) is 0 Å². The molecule has 0 bridgehead atoms. The first-order chi connectivity index (χ1) is 17.2. The van der Waals surface area contributed by atoms with Crippen molar-refractivity contribution in [1.82, 2.24) is 0 Å². The monoisotopic (exact) mass is 494 g/mol. The van der Waals surface area contributed by atoms with Crippen molar-refractivity contribution in [1.29, 1.82) is 0 Å². The summed E-state index contributed by atoms with van der Waals surface area (Å²) in [7, 11) is 0. The van der Waals surface area contributed by atoms with Gasteiger partial charge >= 0.3 is 11.9 Å². The maximum atomic E-state index is 11.7. The molecule has 0 N–H and O–H groups in total. The summed E-state index contributed by atoms with van der Waals surface area (Å²) in [5.74, 6) is -0.918. The molecule has 0 heterocycles. The average molecular weight is 495 g/mol. The number of hydrogen-bond acceptors (Lipinski definition) is 4. The molecule has 0 aromatic heterocycles. The second-order valence-electron chi connectivity index (χ2n) is 10.1. The minimum absolute atomic E-state index is 0.424. The first-order valence-corrected chi connectivity index (χ1v) is 15.2. The van der Waals surface area contributed by atoms with Crippen molar-refractivity contribution in [3.8, 4) is 0 Å². The summed E-state index contributed by atoms with van der Waals surface area (Å²) in [6, 6.07) is 0. The summed E-state index contributed by atoms with van der Waals surface area (Å²) in [5, 5.41) is 0. The van der Waals surface area contributed by atoms with E-state index in [2.05, 4.69) is 13.8 Å². The first kappa shape index (κ1) is 33.7. The molecule has 0 aliphatic rings. The van der Waals surface area contributed by atoms with Gasteiger partial charge in [-0.25, -0.2) is 9.59 Å². The van der Waals surface area contributed by atoms with Crippen LogP contribution in [0.15, 0.2) is 12.2 Å². The molecule has 0 rings (SSSR count). The van der Waals surface area contributed by atoms with Crippen molar-refractivity contribution >= 4 is 11.9 Å². The van der Waals surface area contributed by atoms with Crippen molar-refractivity contribution < 1.29 is 19.1 Å². The smallest absolute Gasteiger partial charge is 0.331 e. The van der Waals surface area contributed by atoms with E-state index in [1.165, 1.54) is 134 Å². The lowest BCUT2D eigenvalue weighted by atomic mass is 10.0. The molecule has 0 aromatic carbocycles. The number of esters is 2. The van der Waals surface area contributed by atoms with Gasteiger partial charge in [-0.2, -0.15) is 0 Å². The first-order valence-electron chi connectivity index (χ1n) is 15.2. The number of carbonyl (C=O) groups is 2. The molecule has 0 radical (unpaired) electrons. The van der Waals surface area contributed by atoms with Gasteiger partial charge in [-0.05, 0) is 12.8 Å². The van der Waals surface area contributed by atoms with E-state index >= 15 is 0 Å². The van der Waals surface area contributed by atoms with E-state index in [0.717, 1.165) is 25.7 Å². The number of unbranched alkanes of at least 4 members (excludes halogenated alkanes) is 21. The predicted molar refractivity (Wildman–Crippen MR) is 149 cm³/mol. The fraction of sp³-hybridized carbons (Fsp3) is 0.871. The van der Waals surface area contributed by atoms with Crippen molar-refractivity contribution in [2.45, 2.75) is 162 Å². The Bertz CT molecular complexity index is 486. The molecule has 0 aliphatic carbocycles. The van der Waals surface area contributed by atoms with Crippen molar-refractivity contribution in [2.75, 3.05) is 13.2 Å². The minimum atomic E-state index is -0.459. The Hall–Kier alpha value is -1.32. The summed E-state index contributed by atoms with van der Waals surface area (Å²) in [4.78, 5) is 23.4. The number of hydrogen-bond donors (Lipinski definition) is 0. The van der Waals surface area contributed by atoms with Gasteiger partial charge in [0.05, 0.1) is 13.2 Å². The van der Waals surface area contributed by atoms with Gasteiger partial charge < -0.3 is 9.47 Å². The zero-order chi connectivity index (χ0) is 25.7. The molecular formula is C31H58O4. The normalized spacial score (nSPS) is 11.3. The maximum Gasteiger partial charge on any atom is 0.331 e. The molecule has 0 aliphatic heterocycles. The predicted octanol–water partition coefficient (Wildman–Crippen LogP) is 9.64. The van der Waals surface area contributed by atoms with Crippen molar-refractivity contribution in [3.63, 3.8) is 0 Å². The molecule has 0 saturated heterocycles. The van der Waals surface area contributed by atoms with E-state index in [-0.39, 0.29) is 0 Å². The molecule has 35 heavy (non-hydrogen) atoms. The van der Waals surface area contributed by atoms with Gasteiger partial charge in [-0.15, -0.1) is 0 Å². The Morgan fingerprint density at radius 1 is 0.400 bits per heavy atom. The largest absolute Gasteiger partial charge is 0.463 e. The van der Waals surface area contributed by atoms with Crippen LogP contribution in [0.3, 0.4) is 0 Å². The SMILES string of the molecule is CCCCCCCCCCCCCCCOC(=O)/C=C/C(=O)OCCCCCCCCCCCC. The van der Waals surface area contributed by atoms with Gasteiger partial charge in [0.2, 0.25) is 0 Å². The van der Waals surface area contributed by atoms with Crippen LogP contribution in [-0.4, -0.2) is 25.2 Å². The van der Waals surface area contributed by atoms with E-state index in [1.807, 2.05) is 0 Å². The third-order valence-corrected chi connectivity index (χ3v) is 6.59. The molecule has 0 amide bonds. The molecule has 0 unspecified atom stereocenters. The van der Waals surface area contributed by atoms with E-state index in [1.54, 1.807) is 0 Å². The van der Waals surface area contributed by atoms with Crippen LogP contribution in [0.25, 0.3) is 0 Å². The second-order valence-corrected chi connectivity index (χ2v) is 10.1. The molecule has 4 heteroatoms. The molecule has 4 nitrogen and oxygen atoms in total. The highest BCUT2D eigenvalue weighted by Crippen LogP contribution is 2.13. The van der Waals surface area contributed by atoms with Crippen LogP contribution in [0.1, 0.15) is 162 Å². The zero-order valence-electron chi connectivity index (χ0n) is 23.5. The Kier molecular flexibility index (Phi) is 27.8. The van der Waals surface area contributed by atoms with Crippen LogP contribution in [0.5, 0.6) is 0 Å². The molecule has 0 fully saturated rings. The van der Waals surface area contributed by atoms with Crippen LogP contribution in [0.4, 0.5) is 0 Å². The molecule has 0 spiro atoms. The fourth-order valence-corrected chi connectivity index (χ4v) is 4.29. The second kappa shape index (κ2) is 28.9. The van der Waals surface area contributed by atoms with E-state index in [9.17, 15) is 9.59 Å². The Morgan fingerprint density at radius 2 is 0.629 bits per heavy atom. The zero-order valence-corrected chi connectivity index (χ0v) is 23.5. The minimum Gasteiger partial charge on any atom is -0.463 e. The van der Waals surface area contributed by atoms with Gasteiger partial charge in [0.15, 0.2) is 0 Å². The van der Waals surface area contributed by atoms with Crippen LogP contribution in [-0.2, 0) is 19.1 Å². The lowest BCUT2D eigenvalue weighted by Crippen LogP contribution is -2.06. The van der Waals surface area contributed by atoms with Crippen LogP contribution in [0, 0.1) is 0 Å². The van der Waals surface area contributed by atoms with Crippen molar-refractivity contribution in [2.24, 2.45) is 0 Å². The lowest BCUT2D eigenvalue weighted by Gasteiger charge is -2.04. The van der Waals surface area contributed by atoms with Gasteiger partial charge in [-0.3, -0.25) is 0 Å². The standard InChI is InChI=1S/C31H58O4/c1-3-5-7-9-11-13-15-16-17-19-21-23-25-29-35-31(33)27-26-30(32)34-28-24-22-20-18-14-12-10-8-6-4-2/h26-27H,3-25,28-29H2,1-2H3/b27-26+. The fourth-order valence-electron chi connectivity index (χ4n) is 4.29. The van der Waals surface area contributed by atoms with E-state index in [4.69, 9.17) is 9.47 Å².